The van der Waals surface area contributed by atoms with Gasteiger partial charge in [0.2, 0.25) is 0 Å². The van der Waals surface area contributed by atoms with Gasteiger partial charge >= 0.3 is 6.18 Å². The van der Waals surface area contributed by atoms with Gasteiger partial charge in [-0.2, -0.15) is 13.2 Å². The van der Waals surface area contributed by atoms with Crippen molar-refractivity contribution in [3.63, 3.8) is 0 Å². The summed E-state index contributed by atoms with van der Waals surface area (Å²) in [5.74, 6) is -0.945. The molecule has 205 valence electrons. The average molecular weight is 640 g/mol. The molecule has 0 aromatic heterocycles. The number of benzene rings is 2. The van der Waals surface area contributed by atoms with Crippen molar-refractivity contribution in [2.24, 2.45) is 0 Å². The molecule has 1 heterocycles. The Balaban J connectivity index is 0.00000163. The molecule has 1 aliphatic rings. The predicted octanol–water partition coefficient (Wildman–Crippen LogP) is 7.53. The number of alkyl halides is 3. The molecule has 3 rings (SSSR count). The molecule has 11 heteroatoms. The minimum atomic E-state index is -4.55. The molecule has 2 aromatic rings. The third-order valence-electron chi connectivity index (χ3n) is 5.49. The number of ether oxygens (including phenoxy) is 3. The van der Waals surface area contributed by atoms with E-state index < -0.39 is 23.1 Å². The molecule has 0 unspecified atom stereocenters. The second kappa shape index (κ2) is 15.4. The summed E-state index contributed by atoms with van der Waals surface area (Å²) in [4.78, 5) is 0. The van der Waals surface area contributed by atoms with Gasteiger partial charge in [0.15, 0.2) is 5.79 Å². The molecule has 37 heavy (non-hydrogen) atoms. The van der Waals surface area contributed by atoms with Gasteiger partial charge in [0.05, 0.1) is 22.2 Å². The third kappa shape index (κ3) is 11.7. The van der Waals surface area contributed by atoms with Crippen molar-refractivity contribution in [3.8, 4) is 5.75 Å². The number of aliphatic hydroxyl groups excluding tert-OH is 1. The second-order valence-corrected chi connectivity index (χ2v) is 9.92. The summed E-state index contributed by atoms with van der Waals surface area (Å²) >= 11 is 11.9. The summed E-state index contributed by atoms with van der Waals surface area (Å²) in [5, 5.41) is 8.46. The van der Waals surface area contributed by atoms with Gasteiger partial charge in [-0.25, -0.2) is 0 Å². The summed E-state index contributed by atoms with van der Waals surface area (Å²) < 4.78 is 57.5. The first kappa shape index (κ1) is 34.6. The van der Waals surface area contributed by atoms with Crippen molar-refractivity contribution in [1.29, 1.82) is 0 Å². The first-order chi connectivity index (χ1) is 16.8. The number of halogens is 5. The molecule has 1 saturated heterocycles. The van der Waals surface area contributed by atoms with Crippen molar-refractivity contribution in [1.82, 2.24) is 0 Å². The number of hydrogen-bond acceptors (Lipinski definition) is 4. The molecule has 5 nitrogen and oxygen atoms in total. The Morgan fingerprint density at radius 2 is 1.57 bits per heavy atom. The predicted molar refractivity (Wildman–Crippen MR) is 136 cm³/mol. The first-order valence-electron chi connectivity index (χ1n) is 11.7. The quantitative estimate of drug-likeness (QED) is 0.303. The fourth-order valence-corrected chi connectivity index (χ4v) is 3.79. The van der Waals surface area contributed by atoms with Crippen LogP contribution in [0.15, 0.2) is 36.4 Å². The molecule has 1 fully saturated rings. The molecule has 1 aliphatic heterocycles. The summed E-state index contributed by atoms with van der Waals surface area (Å²) in [7, 11) is 0. The van der Waals surface area contributed by atoms with E-state index in [9.17, 15) is 13.2 Å². The zero-order valence-electron chi connectivity index (χ0n) is 21.3. The molecule has 2 N–H and O–H groups in total. The minimum Gasteiger partial charge on any atom is -0.668 e. The summed E-state index contributed by atoms with van der Waals surface area (Å²) in [6.45, 7) is 5.94. The monoisotopic (exact) mass is 639 g/mol. The van der Waals surface area contributed by atoms with Gasteiger partial charge in [-0.05, 0) is 75.4 Å². The van der Waals surface area contributed by atoms with E-state index >= 15 is 0 Å². The van der Waals surface area contributed by atoms with E-state index in [1.165, 1.54) is 6.07 Å². The Labute approximate surface area is 252 Å². The van der Waals surface area contributed by atoms with E-state index in [-0.39, 0.29) is 64.9 Å². The van der Waals surface area contributed by atoms with Gasteiger partial charge in [-0.1, -0.05) is 47.3 Å². The van der Waals surface area contributed by atoms with Crippen LogP contribution in [0.5, 0.6) is 5.75 Å². The molecule has 0 aliphatic carbocycles. The average Bonchev–Trinajstić information content (AvgIpc) is 2.80. The molecule has 1 radical (unpaired) electrons. The maximum absolute atomic E-state index is 13.7. The molecule has 0 amide bonds. The van der Waals surface area contributed by atoms with Crippen molar-refractivity contribution in [2.45, 2.75) is 64.0 Å². The number of rotatable bonds is 8. The van der Waals surface area contributed by atoms with Crippen LogP contribution >= 0.6 is 23.2 Å². The van der Waals surface area contributed by atoms with E-state index in [2.05, 4.69) is 0 Å². The van der Waals surface area contributed by atoms with E-state index in [0.29, 0.717) is 41.3 Å². The number of hydrogen-bond donors (Lipinski definition) is 1. The zero-order valence-corrected chi connectivity index (χ0v) is 25.6. The molecule has 2 aromatic carbocycles. The maximum atomic E-state index is 13.7. The van der Waals surface area contributed by atoms with Crippen LogP contribution in [0, 0.1) is 0 Å². The van der Waals surface area contributed by atoms with Crippen LogP contribution in [-0.2, 0) is 61.2 Å². The Kier molecular flexibility index (Phi) is 14.4. The van der Waals surface area contributed by atoms with E-state index in [1.807, 2.05) is 6.07 Å². The number of nitrogens with one attached hydrogen (secondary N) is 1. The fourth-order valence-electron chi connectivity index (χ4n) is 3.47. The number of aryl methyl sites for hydroxylation is 2. The third-order valence-corrected chi connectivity index (χ3v) is 6.22. The van der Waals surface area contributed by atoms with Crippen molar-refractivity contribution < 1.29 is 65.2 Å². The van der Waals surface area contributed by atoms with Crippen LogP contribution in [-0.4, -0.2) is 42.9 Å². The Morgan fingerprint density at radius 1 is 1.00 bits per heavy atom. The molecule has 0 saturated carbocycles. The van der Waals surface area contributed by atoms with Gasteiger partial charge < -0.3 is 25.1 Å². The molecule has 0 bridgehead atoms. The molecular weight excluding hydrogens is 607 g/mol. The van der Waals surface area contributed by atoms with Crippen LogP contribution < -0.4 is 4.74 Å². The van der Waals surface area contributed by atoms with Crippen LogP contribution in [0.1, 0.15) is 50.3 Å². The van der Waals surface area contributed by atoms with Gasteiger partial charge in [0.1, 0.15) is 5.75 Å². The minimum absolute atomic E-state index is 0. The van der Waals surface area contributed by atoms with Crippen LogP contribution in [0.3, 0.4) is 0 Å². The van der Waals surface area contributed by atoms with Gasteiger partial charge in [-0.3, -0.25) is 0 Å². The Bertz CT molecular complexity index is 983. The largest absolute Gasteiger partial charge is 0.668 e. The zero-order chi connectivity index (χ0) is 27.0. The smallest absolute Gasteiger partial charge is 0.419 e. The van der Waals surface area contributed by atoms with Crippen molar-refractivity contribution >= 4 is 23.2 Å². The Morgan fingerprint density at radius 3 is 2.14 bits per heavy atom. The standard InChI is InChI=1S/C24H27Cl2F3NO3.C2H6O.Y/c1-22(2)32-14-23(30,15-33-22)10-9-17-6-8-21(18(12-17)24(27,28)29)31-11-3-4-16-5-7-19(25)20(26)13-16;1-2-3;/h5-8,12-13,30H,3-4,9-11,14-15H2,1-2H3;3H,2H2,1H3;/q-1;;. The summed E-state index contributed by atoms with van der Waals surface area (Å²) in [6.07, 6.45) is -2.80. The SMILES string of the molecule is CC1(C)OCC([NH-])(CCc2ccc(OCCCc3ccc(Cl)c(Cl)c3)c(C(F)(F)F)c2)CO1.CCO.[Y]. The Hall–Kier alpha value is -0.446. The van der Waals surface area contributed by atoms with Crippen molar-refractivity contribution in [3.05, 3.63) is 68.9 Å². The van der Waals surface area contributed by atoms with Gasteiger partial charge in [0, 0.05) is 52.5 Å². The first-order valence-corrected chi connectivity index (χ1v) is 12.4. The normalized spacial score (nSPS) is 16.3. The molecule has 0 atom stereocenters. The van der Waals surface area contributed by atoms with E-state index in [1.54, 1.807) is 39.0 Å². The van der Waals surface area contributed by atoms with Gasteiger partial charge in [0.25, 0.3) is 0 Å². The van der Waals surface area contributed by atoms with E-state index in [4.69, 9.17) is 48.3 Å². The molecule has 0 spiro atoms. The van der Waals surface area contributed by atoms with E-state index in [0.717, 1.165) is 11.6 Å². The fraction of sp³-hybridized carbons (Fsp3) is 0.538. The summed E-state index contributed by atoms with van der Waals surface area (Å²) in [6, 6.07) is 9.32. The second-order valence-electron chi connectivity index (χ2n) is 9.10. The summed E-state index contributed by atoms with van der Waals surface area (Å²) in [5.41, 5.74) is 8.08. The van der Waals surface area contributed by atoms with Crippen LogP contribution in [0.2, 0.25) is 10.0 Å². The number of aliphatic hydroxyl groups is 1. The van der Waals surface area contributed by atoms with Crippen LogP contribution in [0.25, 0.3) is 5.73 Å². The topological polar surface area (TPSA) is 71.7 Å². The molecular formula is C26H33Cl2F3NO4Y-. The van der Waals surface area contributed by atoms with Crippen LogP contribution in [0.4, 0.5) is 13.2 Å². The van der Waals surface area contributed by atoms with Gasteiger partial charge in [-0.15, -0.1) is 0 Å². The maximum Gasteiger partial charge on any atom is 0.419 e. The van der Waals surface area contributed by atoms with Crippen molar-refractivity contribution in [2.75, 3.05) is 26.4 Å².